The van der Waals surface area contributed by atoms with E-state index in [0.717, 1.165) is 18.4 Å². The average molecular weight is 291 g/mol. The van der Waals surface area contributed by atoms with Crippen molar-refractivity contribution in [1.82, 2.24) is 5.32 Å². The van der Waals surface area contributed by atoms with Crippen molar-refractivity contribution < 1.29 is 14.6 Å². The molecule has 0 aliphatic heterocycles. The van der Waals surface area contributed by atoms with Crippen LogP contribution in [-0.4, -0.2) is 23.7 Å². The van der Waals surface area contributed by atoms with Gasteiger partial charge >= 0.3 is 0 Å². The third-order valence-corrected chi connectivity index (χ3v) is 3.99. The zero-order valence-corrected chi connectivity index (χ0v) is 12.7. The molecule has 1 aromatic carbocycles. The van der Waals surface area contributed by atoms with Crippen LogP contribution in [0.2, 0.25) is 0 Å². The average Bonchev–Trinajstić information content (AvgIpc) is 2.53. The van der Waals surface area contributed by atoms with E-state index in [1.807, 2.05) is 19.1 Å². The third-order valence-electron chi connectivity index (χ3n) is 3.99. The number of carbonyl (C=O) groups is 1. The predicted octanol–water partition coefficient (Wildman–Crippen LogP) is 2.96. The van der Waals surface area contributed by atoms with E-state index in [0.29, 0.717) is 18.2 Å². The summed E-state index contributed by atoms with van der Waals surface area (Å²) >= 11 is 0. The van der Waals surface area contributed by atoms with Crippen LogP contribution in [0.4, 0.5) is 0 Å². The molecule has 0 spiro atoms. The lowest BCUT2D eigenvalue weighted by atomic mass is 9.95. The fraction of sp³-hybridized carbons (Fsp3) is 0.588. The van der Waals surface area contributed by atoms with Crippen molar-refractivity contribution >= 4 is 5.91 Å². The van der Waals surface area contributed by atoms with Crippen LogP contribution in [0.1, 0.15) is 57.1 Å². The number of aliphatic hydroxyl groups is 1. The van der Waals surface area contributed by atoms with Crippen molar-refractivity contribution in [2.45, 2.75) is 57.6 Å². The Bertz CT molecular complexity index is 438. The van der Waals surface area contributed by atoms with Crippen LogP contribution < -0.4 is 10.1 Å². The Hall–Kier alpha value is -1.55. The van der Waals surface area contributed by atoms with Gasteiger partial charge in [-0.15, -0.1) is 0 Å². The molecule has 21 heavy (non-hydrogen) atoms. The number of ether oxygens (including phenoxy) is 1. The molecule has 116 valence electrons. The van der Waals surface area contributed by atoms with Crippen LogP contribution in [0.5, 0.6) is 5.75 Å². The van der Waals surface area contributed by atoms with Crippen molar-refractivity contribution in [2.24, 2.45) is 0 Å². The van der Waals surface area contributed by atoms with Gasteiger partial charge in [-0.1, -0.05) is 38.3 Å². The van der Waals surface area contributed by atoms with Crippen molar-refractivity contribution in [3.8, 4) is 5.75 Å². The van der Waals surface area contributed by atoms with E-state index in [4.69, 9.17) is 4.74 Å². The van der Waals surface area contributed by atoms with E-state index in [1.54, 1.807) is 12.1 Å². The SMILES string of the molecule is CC[C@@H](O)c1ccc(OCC(=O)NC2CCCCC2)cc1. The summed E-state index contributed by atoms with van der Waals surface area (Å²) in [5.41, 5.74) is 0.872. The molecular weight excluding hydrogens is 266 g/mol. The van der Waals surface area contributed by atoms with Crippen LogP contribution in [0.15, 0.2) is 24.3 Å². The Kier molecular flexibility index (Phi) is 6.05. The van der Waals surface area contributed by atoms with Crippen LogP contribution in [0, 0.1) is 0 Å². The molecule has 0 aromatic heterocycles. The van der Waals surface area contributed by atoms with E-state index < -0.39 is 6.10 Å². The maximum Gasteiger partial charge on any atom is 0.258 e. The Labute approximate surface area is 126 Å². The van der Waals surface area contributed by atoms with Gasteiger partial charge in [0.2, 0.25) is 0 Å². The molecule has 1 saturated carbocycles. The lowest BCUT2D eigenvalue weighted by molar-refractivity contribution is -0.124. The second kappa shape index (κ2) is 8.03. The Morgan fingerprint density at radius 1 is 1.29 bits per heavy atom. The second-order valence-electron chi connectivity index (χ2n) is 5.68. The van der Waals surface area contributed by atoms with Crippen LogP contribution in [0.25, 0.3) is 0 Å². The number of hydrogen-bond donors (Lipinski definition) is 2. The highest BCUT2D eigenvalue weighted by molar-refractivity contribution is 5.77. The van der Waals surface area contributed by atoms with Gasteiger partial charge in [-0.2, -0.15) is 0 Å². The van der Waals surface area contributed by atoms with Gasteiger partial charge in [-0.25, -0.2) is 0 Å². The minimum atomic E-state index is -0.436. The molecule has 1 aromatic rings. The highest BCUT2D eigenvalue weighted by Crippen LogP contribution is 2.20. The smallest absolute Gasteiger partial charge is 0.258 e. The fourth-order valence-electron chi connectivity index (χ4n) is 2.69. The first-order valence-electron chi connectivity index (χ1n) is 7.89. The standard InChI is InChI=1S/C17H25NO3/c1-2-16(19)13-8-10-15(11-9-13)21-12-17(20)18-14-6-4-3-5-7-14/h8-11,14,16,19H,2-7,12H2,1H3,(H,18,20)/t16-/m1/s1. The summed E-state index contributed by atoms with van der Waals surface area (Å²) in [6.45, 7) is 1.98. The molecule has 0 saturated heterocycles. The van der Waals surface area contributed by atoms with E-state index in [2.05, 4.69) is 5.32 Å². The first-order chi connectivity index (χ1) is 10.2. The highest BCUT2D eigenvalue weighted by Gasteiger charge is 2.15. The van der Waals surface area contributed by atoms with Crippen LogP contribution in [0.3, 0.4) is 0 Å². The van der Waals surface area contributed by atoms with E-state index in [-0.39, 0.29) is 12.5 Å². The fourth-order valence-corrected chi connectivity index (χ4v) is 2.69. The summed E-state index contributed by atoms with van der Waals surface area (Å²) in [5, 5.41) is 12.7. The van der Waals surface area contributed by atoms with Gasteiger partial charge in [0.05, 0.1) is 6.10 Å². The molecule has 4 nitrogen and oxygen atoms in total. The molecule has 2 N–H and O–H groups in total. The lowest BCUT2D eigenvalue weighted by Crippen LogP contribution is -2.38. The molecule has 0 radical (unpaired) electrons. The minimum absolute atomic E-state index is 0.0478. The molecular formula is C17H25NO3. The maximum absolute atomic E-state index is 11.8. The minimum Gasteiger partial charge on any atom is -0.484 e. The van der Waals surface area contributed by atoms with Gasteiger partial charge in [0.25, 0.3) is 5.91 Å². The Balaban J connectivity index is 1.75. The van der Waals surface area contributed by atoms with Crippen molar-refractivity contribution in [2.75, 3.05) is 6.61 Å². The monoisotopic (exact) mass is 291 g/mol. The molecule has 4 heteroatoms. The van der Waals surface area contributed by atoms with E-state index in [9.17, 15) is 9.90 Å². The van der Waals surface area contributed by atoms with Crippen LogP contribution in [-0.2, 0) is 4.79 Å². The molecule has 1 amide bonds. The molecule has 0 bridgehead atoms. The number of aliphatic hydroxyl groups excluding tert-OH is 1. The summed E-state index contributed by atoms with van der Waals surface area (Å²) < 4.78 is 5.48. The van der Waals surface area contributed by atoms with E-state index in [1.165, 1.54) is 19.3 Å². The summed E-state index contributed by atoms with van der Waals surface area (Å²) in [4.78, 5) is 11.8. The third kappa shape index (κ3) is 5.05. The summed E-state index contributed by atoms with van der Waals surface area (Å²) in [6.07, 6.45) is 6.08. The van der Waals surface area contributed by atoms with Gasteiger partial charge in [0.15, 0.2) is 6.61 Å². The number of amides is 1. The number of rotatable bonds is 6. The number of hydrogen-bond acceptors (Lipinski definition) is 3. The van der Waals surface area contributed by atoms with Crippen LogP contribution >= 0.6 is 0 Å². The highest BCUT2D eigenvalue weighted by atomic mass is 16.5. The molecule has 1 atom stereocenters. The summed E-state index contributed by atoms with van der Waals surface area (Å²) in [6, 6.07) is 7.58. The maximum atomic E-state index is 11.8. The second-order valence-corrected chi connectivity index (χ2v) is 5.68. The number of benzene rings is 1. The Morgan fingerprint density at radius 3 is 2.57 bits per heavy atom. The van der Waals surface area contributed by atoms with Crippen molar-refractivity contribution in [3.05, 3.63) is 29.8 Å². The lowest BCUT2D eigenvalue weighted by Gasteiger charge is -2.22. The van der Waals surface area contributed by atoms with Gasteiger partial charge in [0, 0.05) is 6.04 Å². The molecule has 0 heterocycles. The summed E-state index contributed by atoms with van der Waals surface area (Å²) in [5.74, 6) is 0.598. The topological polar surface area (TPSA) is 58.6 Å². The van der Waals surface area contributed by atoms with Gasteiger partial charge in [-0.05, 0) is 37.0 Å². The van der Waals surface area contributed by atoms with Crippen molar-refractivity contribution in [1.29, 1.82) is 0 Å². The zero-order valence-electron chi connectivity index (χ0n) is 12.7. The first-order valence-corrected chi connectivity index (χ1v) is 7.89. The molecule has 1 fully saturated rings. The molecule has 1 aliphatic rings. The zero-order chi connectivity index (χ0) is 15.1. The summed E-state index contributed by atoms with van der Waals surface area (Å²) in [7, 11) is 0. The molecule has 2 rings (SSSR count). The number of nitrogens with one attached hydrogen (secondary N) is 1. The molecule has 1 aliphatic carbocycles. The number of carbonyl (C=O) groups excluding carboxylic acids is 1. The van der Waals surface area contributed by atoms with Crippen molar-refractivity contribution in [3.63, 3.8) is 0 Å². The van der Waals surface area contributed by atoms with E-state index >= 15 is 0 Å². The predicted molar refractivity (Wildman–Crippen MR) is 82.2 cm³/mol. The quantitative estimate of drug-likeness (QED) is 0.847. The van der Waals surface area contributed by atoms with Gasteiger partial charge in [0.1, 0.15) is 5.75 Å². The Morgan fingerprint density at radius 2 is 1.95 bits per heavy atom. The first kappa shape index (κ1) is 15.8. The van der Waals surface area contributed by atoms with Gasteiger partial charge < -0.3 is 15.2 Å². The van der Waals surface area contributed by atoms with Gasteiger partial charge in [-0.3, -0.25) is 4.79 Å². The normalized spacial score (nSPS) is 17.2. The largest absolute Gasteiger partial charge is 0.484 e. The molecule has 0 unspecified atom stereocenters.